The number of hydrogen-bond donors (Lipinski definition) is 0. The molecule has 3 rings (SSSR count). The highest BCUT2D eigenvalue weighted by Gasteiger charge is 2.17. The van der Waals surface area contributed by atoms with E-state index in [-0.39, 0.29) is 0 Å². The quantitative estimate of drug-likeness (QED) is 0.637. The normalized spacial score (nSPS) is 11.7. The monoisotopic (exact) mass is 337 g/mol. The number of methoxy groups -OCH3 is 1. The van der Waals surface area contributed by atoms with Crippen LogP contribution in [0.5, 0.6) is 5.88 Å². The molecule has 0 spiro atoms. The molecule has 3 heterocycles. The Kier molecular flexibility index (Phi) is 4.55. The Hall–Kier alpha value is -2.36. The van der Waals surface area contributed by atoms with Gasteiger partial charge in [0.15, 0.2) is 0 Å². The van der Waals surface area contributed by atoms with Crippen molar-refractivity contribution in [3.05, 3.63) is 41.2 Å². The summed E-state index contributed by atoms with van der Waals surface area (Å²) in [5, 5.41) is 0. The lowest BCUT2D eigenvalue weighted by molar-refractivity contribution is 0.397. The third-order valence-electron chi connectivity index (χ3n) is 4.66. The number of aromatic nitrogens is 3. The van der Waals surface area contributed by atoms with Gasteiger partial charge in [-0.2, -0.15) is 0 Å². The van der Waals surface area contributed by atoms with E-state index in [4.69, 9.17) is 9.72 Å². The fourth-order valence-electron chi connectivity index (χ4n) is 3.24. The van der Waals surface area contributed by atoms with Crippen molar-refractivity contribution in [2.45, 2.75) is 53.5 Å². The van der Waals surface area contributed by atoms with E-state index in [1.165, 1.54) is 11.1 Å². The second-order valence-electron chi connectivity index (χ2n) is 7.28. The molecule has 3 aromatic rings. The van der Waals surface area contributed by atoms with Crippen molar-refractivity contribution < 1.29 is 4.74 Å². The van der Waals surface area contributed by atoms with Crippen molar-refractivity contribution in [1.82, 2.24) is 14.5 Å². The number of pyridine rings is 2. The summed E-state index contributed by atoms with van der Waals surface area (Å²) in [5.74, 6) is 1.00. The van der Waals surface area contributed by atoms with Gasteiger partial charge in [-0.25, -0.2) is 9.97 Å². The molecule has 0 bridgehead atoms. The number of aryl methyl sites for hydroxylation is 2. The molecule has 0 unspecified atom stereocenters. The average molecular weight is 337 g/mol. The van der Waals surface area contributed by atoms with Crippen LogP contribution in [0.4, 0.5) is 0 Å². The summed E-state index contributed by atoms with van der Waals surface area (Å²) >= 11 is 0. The summed E-state index contributed by atoms with van der Waals surface area (Å²) in [7, 11) is 1.67. The van der Waals surface area contributed by atoms with E-state index < -0.39 is 0 Å². The number of hydrogen-bond acceptors (Lipinski definition) is 3. The largest absolute Gasteiger partial charge is 0.480 e. The first-order valence-corrected chi connectivity index (χ1v) is 8.87. The van der Waals surface area contributed by atoms with Crippen molar-refractivity contribution in [3.8, 4) is 17.1 Å². The van der Waals surface area contributed by atoms with Gasteiger partial charge in [-0.15, -0.1) is 0 Å². The van der Waals surface area contributed by atoms with Crippen LogP contribution in [0.15, 0.2) is 24.4 Å². The fraction of sp³-hybridized carbons (Fsp3) is 0.429. The maximum Gasteiger partial charge on any atom is 0.222 e. The third-order valence-corrected chi connectivity index (χ3v) is 4.66. The number of fused-ring (bicyclic) bond motifs is 1. The van der Waals surface area contributed by atoms with Gasteiger partial charge in [-0.1, -0.05) is 13.8 Å². The van der Waals surface area contributed by atoms with E-state index in [9.17, 15) is 0 Å². The summed E-state index contributed by atoms with van der Waals surface area (Å²) in [6.07, 6.45) is 2.18. The van der Waals surface area contributed by atoms with Crippen LogP contribution in [0.25, 0.3) is 22.3 Å². The molecule has 0 aliphatic carbocycles. The van der Waals surface area contributed by atoms with E-state index in [0.717, 1.165) is 28.0 Å². The lowest BCUT2D eigenvalue weighted by Crippen LogP contribution is -2.01. The Morgan fingerprint density at radius 1 is 1.00 bits per heavy atom. The minimum atomic E-state index is 0.363. The van der Waals surface area contributed by atoms with Crippen LogP contribution in [0, 0.1) is 13.8 Å². The summed E-state index contributed by atoms with van der Waals surface area (Å²) < 4.78 is 7.86. The first-order chi connectivity index (χ1) is 11.8. The topological polar surface area (TPSA) is 39.9 Å². The SMILES string of the molecule is COc1nc(C(C)C)ccc1-c1nc2c(C)cn(C(C)C)c2cc1C. The Balaban J connectivity index is 2.23. The van der Waals surface area contributed by atoms with Gasteiger partial charge in [0.05, 0.1) is 29.4 Å². The lowest BCUT2D eigenvalue weighted by Gasteiger charge is -2.14. The average Bonchev–Trinajstić information content (AvgIpc) is 2.89. The molecular weight excluding hydrogens is 310 g/mol. The summed E-state index contributed by atoms with van der Waals surface area (Å²) in [6, 6.07) is 6.78. The van der Waals surface area contributed by atoms with Crippen LogP contribution in [0.3, 0.4) is 0 Å². The molecule has 0 radical (unpaired) electrons. The highest BCUT2D eigenvalue weighted by Crippen LogP contribution is 2.34. The Morgan fingerprint density at radius 3 is 2.32 bits per heavy atom. The third kappa shape index (κ3) is 3.01. The molecule has 25 heavy (non-hydrogen) atoms. The van der Waals surface area contributed by atoms with Crippen molar-refractivity contribution in [1.29, 1.82) is 0 Å². The van der Waals surface area contributed by atoms with Crippen LogP contribution >= 0.6 is 0 Å². The van der Waals surface area contributed by atoms with Gasteiger partial charge in [-0.3, -0.25) is 0 Å². The van der Waals surface area contributed by atoms with Crippen molar-refractivity contribution in [2.75, 3.05) is 7.11 Å². The molecule has 0 fully saturated rings. The van der Waals surface area contributed by atoms with E-state index in [2.05, 4.69) is 75.5 Å². The summed E-state index contributed by atoms with van der Waals surface area (Å²) in [6.45, 7) is 12.9. The Morgan fingerprint density at radius 2 is 1.72 bits per heavy atom. The smallest absolute Gasteiger partial charge is 0.222 e. The minimum Gasteiger partial charge on any atom is -0.480 e. The fourth-order valence-corrected chi connectivity index (χ4v) is 3.24. The lowest BCUT2D eigenvalue weighted by atomic mass is 10.0. The molecule has 0 saturated heterocycles. The molecule has 0 aliphatic heterocycles. The maximum atomic E-state index is 5.57. The number of ether oxygens (including phenoxy) is 1. The van der Waals surface area contributed by atoms with Gasteiger partial charge in [0.1, 0.15) is 0 Å². The molecule has 132 valence electrons. The van der Waals surface area contributed by atoms with E-state index in [1.807, 2.05) is 0 Å². The zero-order valence-corrected chi connectivity index (χ0v) is 16.2. The van der Waals surface area contributed by atoms with Crippen LogP contribution in [0.2, 0.25) is 0 Å². The van der Waals surface area contributed by atoms with Crippen molar-refractivity contribution in [2.24, 2.45) is 0 Å². The number of rotatable bonds is 4. The maximum absolute atomic E-state index is 5.57. The first-order valence-electron chi connectivity index (χ1n) is 8.87. The molecule has 0 aromatic carbocycles. The van der Waals surface area contributed by atoms with Crippen molar-refractivity contribution >= 4 is 11.0 Å². The van der Waals surface area contributed by atoms with Crippen LogP contribution in [0.1, 0.15) is 56.5 Å². The van der Waals surface area contributed by atoms with E-state index in [1.54, 1.807) is 7.11 Å². The molecule has 0 N–H and O–H groups in total. The molecule has 0 aliphatic rings. The van der Waals surface area contributed by atoms with E-state index in [0.29, 0.717) is 17.8 Å². The minimum absolute atomic E-state index is 0.363. The van der Waals surface area contributed by atoms with E-state index >= 15 is 0 Å². The van der Waals surface area contributed by atoms with Gasteiger partial charge in [0, 0.05) is 17.9 Å². The number of nitrogens with zero attached hydrogens (tertiary/aromatic N) is 3. The molecule has 4 heteroatoms. The molecular formula is C21H27N3O. The Bertz CT molecular complexity index is 923. The Labute approximate surface area is 149 Å². The first kappa shape index (κ1) is 17.5. The second kappa shape index (κ2) is 6.51. The highest BCUT2D eigenvalue weighted by atomic mass is 16.5. The van der Waals surface area contributed by atoms with Gasteiger partial charge in [0.2, 0.25) is 5.88 Å². The van der Waals surface area contributed by atoms with Gasteiger partial charge in [-0.05, 0) is 62.9 Å². The summed E-state index contributed by atoms with van der Waals surface area (Å²) in [4.78, 5) is 9.67. The van der Waals surface area contributed by atoms with Crippen LogP contribution < -0.4 is 4.74 Å². The standard InChI is InChI=1S/C21H27N3O/c1-12(2)17-9-8-16(21(22-17)25-7)19-14(5)10-18-20(23-19)15(6)11-24(18)13(3)4/h8-13H,1-7H3. The predicted octanol–water partition coefficient (Wildman–Crippen LogP) is 5.43. The van der Waals surface area contributed by atoms with Gasteiger partial charge < -0.3 is 9.30 Å². The summed E-state index contributed by atoms with van der Waals surface area (Å²) in [5.41, 5.74) is 7.46. The van der Waals surface area contributed by atoms with Gasteiger partial charge in [0.25, 0.3) is 0 Å². The van der Waals surface area contributed by atoms with Crippen LogP contribution in [-0.4, -0.2) is 21.6 Å². The molecule has 0 amide bonds. The van der Waals surface area contributed by atoms with Crippen LogP contribution in [-0.2, 0) is 0 Å². The zero-order valence-electron chi connectivity index (χ0n) is 16.2. The molecule has 4 nitrogen and oxygen atoms in total. The highest BCUT2D eigenvalue weighted by molar-refractivity contribution is 5.85. The second-order valence-corrected chi connectivity index (χ2v) is 7.28. The molecule has 3 aromatic heterocycles. The predicted molar refractivity (Wildman–Crippen MR) is 103 cm³/mol. The van der Waals surface area contributed by atoms with Crippen molar-refractivity contribution in [3.63, 3.8) is 0 Å². The molecule has 0 atom stereocenters. The zero-order chi connectivity index (χ0) is 18.3. The van der Waals surface area contributed by atoms with Gasteiger partial charge >= 0.3 is 0 Å². The molecule has 0 saturated carbocycles.